The molecule has 0 radical (unpaired) electrons. The van der Waals surface area contributed by atoms with E-state index in [1.807, 2.05) is 0 Å². The molecule has 7 nitrogen and oxygen atoms in total. The molecule has 1 fully saturated rings. The predicted molar refractivity (Wildman–Crippen MR) is 119 cm³/mol. The van der Waals surface area contributed by atoms with Crippen molar-refractivity contribution < 1.29 is 41.8 Å². The van der Waals surface area contributed by atoms with Crippen LogP contribution in [0.3, 0.4) is 0 Å². The van der Waals surface area contributed by atoms with Gasteiger partial charge in [-0.05, 0) is 50.2 Å². The van der Waals surface area contributed by atoms with Gasteiger partial charge in [-0.15, -0.1) is 13.2 Å². The summed E-state index contributed by atoms with van der Waals surface area (Å²) >= 11 is 0. The quantitative estimate of drug-likeness (QED) is 0.280. The molecule has 4 rings (SSSR count). The number of hydrogen-bond acceptors (Lipinski definition) is 6. The van der Waals surface area contributed by atoms with Gasteiger partial charge in [-0.1, -0.05) is 18.2 Å². The average molecular weight is 487 g/mol. The van der Waals surface area contributed by atoms with Gasteiger partial charge in [0.25, 0.3) is 11.7 Å². The molecule has 0 saturated carbocycles. The number of carbonyl (C=O) groups excluding carboxylic acids is 2. The van der Waals surface area contributed by atoms with E-state index in [4.69, 9.17) is 9.15 Å². The Balaban J connectivity index is 1.87. The number of aliphatic hydroxyl groups is 1. The minimum absolute atomic E-state index is 0.0463. The number of nitrogens with zero attached hydrogens (tertiary/aromatic N) is 1. The molecule has 1 aromatic heterocycles. The van der Waals surface area contributed by atoms with Gasteiger partial charge in [0.15, 0.2) is 0 Å². The first kappa shape index (κ1) is 23.9. The summed E-state index contributed by atoms with van der Waals surface area (Å²) < 4.78 is 53.4. The summed E-state index contributed by atoms with van der Waals surface area (Å²) in [5.41, 5.74) is -0.105. The summed E-state index contributed by atoms with van der Waals surface area (Å²) in [6, 6.07) is 12.9. The number of alkyl halides is 3. The molecular formula is C25H20F3NO6. The minimum atomic E-state index is -4.95. The van der Waals surface area contributed by atoms with Gasteiger partial charge in [-0.3, -0.25) is 14.5 Å². The molecule has 2 heterocycles. The third-order valence-electron chi connectivity index (χ3n) is 5.22. The fraction of sp³-hybridized carbons (Fsp3) is 0.200. The number of benzene rings is 2. The number of ketones is 1. The highest BCUT2D eigenvalue weighted by Crippen LogP contribution is 2.43. The number of Topliss-reactive ketones (excluding diaryl/α,β-unsaturated/α-hetero) is 1. The van der Waals surface area contributed by atoms with E-state index in [0.717, 1.165) is 17.0 Å². The Morgan fingerprint density at radius 2 is 1.77 bits per heavy atom. The van der Waals surface area contributed by atoms with Gasteiger partial charge < -0.3 is 19.0 Å². The van der Waals surface area contributed by atoms with Crippen LogP contribution in [0, 0.1) is 6.92 Å². The van der Waals surface area contributed by atoms with Crippen LogP contribution in [0.25, 0.3) is 5.76 Å². The summed E-state index contributed by atoms with van der Waals surface area (Å²) in [5.74, 6) is -2.07. The van der Waals surface area contributed by atoms with Crippen LogP contribution >= 0.6 is 0 Å². The van der Waals surface area contributed by atoms with Crippen molar-refractivity contribution in [3.63, 3.8) is 0 Å². The van der Waals surface area contributed by atoms with Crippen LogP contribution in [0.5, 0.6) is 11.5 Å². The second kappa shape index (κ2) is 9.21. The number of halogens is 3. The van der Waals surface area contributed by atoms with Crippen molar-refractivity contribution in [2.24, 2.45) is 0 Å². The van der Waals surface area contributed by atoms with E-state index in [-0.39, 0.29) is 22.6 Å². The highest BCUT2D eigenvalue weighted by atomic mass is 19.4. The molecule has 1 N–H and O–H groups in total. The zero-order chi connectivity index (χ0) is 25.3. The number of aliphatic hydroxyl groups excluding tert-OH is 1. The Morgan fingerprint density at radius 3 is 2.43 bits per heavy atom. The van der Waals surface area contributed by atoms with Gasteiger partial charge in [0.2, 0.25) is 0 Å². The van der Waals surface area contributed by atoms with E-state index in [2.05, 4.69) is 4.74 Å². The normalized spacial score (nSPS) is 17.6. The minimum Gasteiger partial charge on any atom is -0.507 e. The number of amides is 1. The Labute approximate surface area is 198 Å². The molecule has 1 unspecified atom stereocenters. The van der Waals surface area contributed by atoms with Gasteiger partial charge in [0, 0.05) is 17.3 Å². The van der Waals surface area contributed by atoms with Crippen LogP contribution < -0.4 is 14.4 Å². The molecule has 10 heteroatoms. The van der Waals surface area contributed by atoms with Crippen molar-refractivity contribution in [2.45, 2.75) is 26.3 Å². The molecule has 1 aliphatic heterocycles. The zero-order valence-electron chi connectivity index (χ0n) is 18.6. The monoisotopic (exact) mass is 487 g/mol. The molecule has 2 aromatic carbocycles. The maximum Gasteiger partial charge on any atom is 0.573 e. The largest absolute Gasteiger partial charge is 0.573 e. The highest BCUT2D eigenvalue weighted by Gasteiger charge is 2.48. The summed E-state index contributed by atoms with van der Waals surface area (Å²) in [5, 5.41) is 11.1. The lowest BCUT2D eigenvalue weighted by Crippen LogP contribution is -2.29. The molecule has 1 saturated heterocycles. The summed E-state index contributed by atoms with van der Waals surface area (Å²) in [6.07, 6.45) is -4.95. The van der Waals surface area contributed by atoms with Gasteiger partial charge in [0.1, 0.15) is 34.8 Å². The van der Waals surface area contributed by atoms with Crippen LogP contribution in [0.2, 0.25) is 0 Å². The molecule has 0 spiro atoms. The predicted octanol–water partition coefficient (Wildman–Crippen LogP) is 5.51. The smallest absolute Gasteiger partial charge is 0.507 e. The van der Waals surface area contributed by atoms with Crippen LogP contribution in [-0.2, 0) is 9.59 Å². The fourth-order valence-corrected chi connectivity index (χ4v) is 3.85. The molecule has 35 heavy (non-hydrogen) atoms. The van der Waals surface area contributed by atoms with Crippen molar-refractivity contribution in [3.05, 3.63) is 83.3 Å². The standard InChI is InChI=1S/C25H20F3NO6/c1-3-33-17-8-4-6-15(12-17)22(30)20-21(19-11-10-14(2)34-19)29(24(32)23(20)31)16-7-5-9-18(13-16)35-25(26,27)28/h4-13,21,30H,3H2,1-2H3/b22-20-. The second-order valence-corrected chi connectivity index (χ2v) is 7.62. The van der Waals surface area contributed by atoms with Crippen molar-refractivity contribution in [3.8, 4) is 11.5 Å². The lowest BCUT2D eigenvalue weighted by atomic mass is 9.99. The van der Waals surface area contributed by atoms with Crippen LogP contribution in [0.1, 0.15) is 30.0 Å². The van der Waals surface area contributed by atoms with E-state index in [1.165, 1.54) is 30.3 Å². The molecule has 1 amide bonds. The van der Waals surface area contributed by atoms with E-state index < -0.39 is 35.6 Å². The first-order chi connectivity index (χ1) is 16.6. The van der Waals surface area contributed by atoms with Crippen molar-refractivity contribution >= 4 is 23.1 Å². The lowest BCUT2D eigenvalue weighted by Gasteiger charge is -2.24. The van der Waals surface area contributed by atoms with E-state index in [9.17, 15) is 27.9 Å². The number of anilines is 1. The summed E-state index contributed by atoms with van der Waals surface area (Å²) in [6.45, 7) is 3.81. The van der Waals surface area contributed by atoms with Crippen LogP contribution in [0.4, 0.5) is 18.9 Å². The topological polar surface area (TPSA) is 89.2 Å². The van der Waals surface area contributed by atoms with E-state index >= 15 is 0 Å². The number of carbonyl (C=O) groups is 2. The first-order valence-electron chi connectivity index (χ1n) is 10.6. The first-order valence-corrected chi connectivity index (χ1v) is 10.6. The molecular weight excluding hydrogens is 467 g/mol. The number of aryl methyl sites for hydroxylation is 1. The third kappa shape index (κ3) is 4.86. The molecule has 182 valence electrons. The van der Waals surface area contributed by atoms with Crippen LogP contribution in [0.15, 0.2) is 70.7 Å². The average Bonchev–Trinajstić information content (AvgIpc) is 3.33. The molecule has 0 bridgehead atoms. The summed E-state index contributed by atoms with van der Waals surface area (Å²) in [4.78, 5) is 27.2. The van der Waals surface area contributed by atoms with Crippen molar-refractivity contribution in [1.82, 2.24) is 0 Å². The number of furan rings is 1. The SMILES string of the molecule is CCOc1cccc(/C(O)=C2/C(=O)C(=O)N(c3cccc(OC(F)(F)F)c3)C2c2ccc(C)o2)c1. The van der Waals surface area contributed by atoms with Crippen LogP contribution in [-0.4, -0.2) is 29.8 Å². The van der Waals surface area contributed by atoms with Gasteiger partial charge in [0.05, 0.1) is 12.2 Å². The zero-order valence-corrected chi connectivity index (χ0v) is 18.6. The maximum atomic E-state index is 13.1. The van der Waals surface area contributed by atoms with Gasteiger partial charge in [-0.2, -0.15) is 0 Å². The number of hydrogen-bond donors (Lipinski definition) is 1. The Hall–Kier alpha value is -4.21. The Bertz CT molecular complexity index is 1310. The molecule has 1 atom stereocenters. The molecule has 0 aliphatic carbocycles. The van der Waals surface area contributed by atoms with Crippen molar-refractivity contribution in [2.75, 3.05) is 11.5 Å². The highest BCUT2D eigenvalue weighted by molar-refractivity contribution is 6.51. The molecule has 1 aliphatic rings. The van der Waals surface area contributed by atoms with E-state index in [0.29, 0.717) is 18.1 Å². The van der Waals surface area contributed by atoms with E-state index in [1.54, 1.807) is 32.0 Å². The van der Waals surface area contributed by atoms with Crippen molar-refractivity contribution in [1.29, 1.82) is 0 Å². The molecule has 3 aromatic rings. The van der Waals surface area contributed by atoms with Gasteiger partial charge >= 0.3 is 6.36 Å². The number of rotatable bonds is 6. The van der Waals surface area contributed by atoms with Gasteiger partial charge in [-0.25, -0.2) is 0 Å². The third-order valence-corrected chi connectivity index (χ3v) is 5.22. The number of ether oxygens (including phenoxy) is 2. The maximum absolute atomic E-state index is 13.1. The lowest BCUT2D eigenvalue weighted by molar-refractivity contribution is -0.274. The summed E-state index contributed by atoms with van der Waals surface area (Å²) in [7, 11) is 0. The fourth-order valence-electron chi connectivity index (χ4n) is 3.85. The Morgan fingerprint density at radius 1 is 1.06 bits per heavy atom. The second-order valence-electron chi connectivity index (χ2n) is 7.62. The Kier molecular flexibility index (Phi) is 6.29.